The van der Waals surface area contributed by atoms with Crippen LogP contribution in [0.25, 0.3) is 0 Å². The second-order valence-corrected chi connectivity index (χ2v) is 4.40. The van der Waals surface area contributed by atoms with Crippen LogP contribution in [0.2, 0.25) is 0 Å². The third-order valence-corrected chi connectivity index (χ3v) is 3.08. The number of imide groups is 1. The van der Waals surface area contributed by atoms with Crippen LogP contribution in [0.3, 0.4) is 0 Å². The van der Waals surface area contributed by atoms with Crippen molar-refractivity contribution in [2.45, 2.75) is 12.2 Å². The Morgan fingerprint density at radius 2 is 1.95 bits per heavy atom. The van der Waals surface area contributed by atoms with Crippen LogP contribution < -0.4 is 5.32 Å². The van der Waals surface area contributed by atoms with E-state index >= 15 is 0 Å². The Balaban J connectivity index is 2.53. The zero-order chi connectivity index (χ0) is 16.5. The summed E-state index contributed by atoms with van der Waals surface area (Å²) >= 11 is 0. The third-order valence-electron chi connectivity index (χ3n) is 3.08. The number of hydrogen-bond acceptors (Lipinski definition) is 4. The van der Waals surface area contributed by atoms with E-state index in [2.05, 4.69) is 0 Å². The van der Waals surface area contributed by atoms with Gasteiger partial charge in [0.05, 0.1) is 23.3 Å². The summed E-state index contributed by atoms with van der Waals surface area (Å²) in [6.07, 6.45) is -4.78. The van der Waals surface area contributed by atoms with E-state index in [0.717, 1.165) is 17.0 Å². The molecule has 0 bridgehead atoms. The number of amides is 3. The van der Waals surface area contributed by atoms with Gasteiger partial charge in [-0.1, -0.05) is 6.07 Å². The smallest absolute Gasteiger partial charge is 0.295 e. The van der Waals surface area contributed by atoms with Crippen LogP contribution in [0.4, 0.5) is 18.0 Å². The molecule has 1 saturated heterocycles. The van der Waals surface area contributed by atoms with Gasteiger partial charge >= 0.3 is 12.2 Å². The first-order chi connectivity index (χ1) is 10.3. The first-order valence-electron chi connectivity index (χ1n) is 5.89. The number of urea groups is 1. The van der Waals surface area contributed by atoms with E-state index in [4.69, 9.17) is 10.5 Å². The number of carbonyl (C=O) groups is 2. The lowest BCUT2D eigenvalue weighted by molar-refractivity contribution is -0.138. The molecule has 1 aliphatic rings. The van der Waals surface area contributed by atoms with E-state index in [1.807, 2.05) is 5.32 Å². The number of benzene rings is 1. The van der Waals surface area contributed by atoms with Crippen molar-refractivity contribution in [3.05, 3.63) is 34.9 Å². The number of carbonyl (C=O) groups excluding carboxylic acids is 2. The van der Waals surface area contributed by atoms with Gasteiger partial charge < -0.3 is 0 Å². The minimum Gasteiger partial charge on any atom is -0.295 e. The Bertz CT molecular complexity index is 730. The van der Waals surface area contributed by atoms with Gasteiger partial charge in [-0.05, 0) is 17.7 Å². The first-order valence-corrected chi connectivity index (χ1v) is 5.89. The van der Waals surface area contributed by atoms with E-state index in [0.29, 0.717) is 6.07 Å². The average Bonchev–Trinajstić information content (AvgIpc) is 2.72. The molecule has 3 amide bonds. The predicted octanol–water partition coefficient (Wildman–Crippen LogP) is 1.69. The summed E-state index contributed by atoms with van der Waals surface area (Å²) in [6.45, 7) is -0.455. The Labute approximate surface area is 122 Å². The number of hydrogen-bond donors (Lipinski definition) is 1. The molecule has 0 saturated carbocycles. The zero-order valence-corrected chi connectivity index (χ0v) is 10.8. The fourth-order valence-electron chi connectivity index (χ4n) is 2.14. The van der Waals surface area contributed by atoms with Gasteiger partial charge in [0.2, 0.25) is 0 Å². The van der Waals surface area contributed by atoms with Gasteiger partial charge in [-0.25, -0.2) is 4.79 Å². The molecule has 1 unspecified atom stereocenters. The Kier molecular flexibility index (Phi) is 3.74. The highest BCUT2D eigenvalue weighted by Gasteiger charge is 2.41. The molecule has 6 nitrogen and oxygen atoms in total. The quantitative estimate of drug-likeness (QED) is 0.664. The molecule has 1 heterocycles. The third kappa shape index (κ3) is 2.56. The Morgan fingerprint density at radius 3 is 2.50 bits per heavy atom. The lowest BCUT2D eigenvalue weighted by Gasteiger charge is -2.20. The summed E-state index contributed by atoms with van der Waals surface area (Å²) in [4.78, 5) is 24.1. The normalized spacial score (nSPS) is 17.9. The van der Waals surface area contributed by atoms with Gasteiger partial charge in [0.15, 0.2) is 0 Å². The van der Waals surface area contributed by atoms with Gasteiger partial charge in [0, 0.05) is 0 Å². The van der Waals surface area contributed by atoms with Crippen LogP contribution in [0.15, 0.2) is 18.2 Å². The number of halogens is 3. The monoisotopic (exact) mass is 308 g/mol. The summed E-state index contributed by atoms with van der Waals surface area (Å²) in [5.74, 6) is -0.821. The van der Waals surface area contributed by atoms with Crippen LogP contribution in [-0.2, 0) is 11.0 Å². The van der Waals surface area contributed by atoms with Crippen molar-refractivity contribution in [1.29, 1.82) is 10.5 Å². The van der Waals surface area contributed by atoms with Crippen molar-refractivity contribution in [3.8, 4) is 12.1 Å². The van der Waals surface area contributed by atoms with Crippen molar-refractivity contribution in [3.63, 3.8) is 0 Å². The SMILES string of the molecule is N#CCN1C(=O)NC(=O)C1c1ccc(C#N)c(C(F)(F)F)c1. The highest BCUT2D eigenvalue weighted by Crippen LogP contribution is 2.35. The minimum absolute atomic E-state index is 0.120. The fourth-order valence-corrected chi connectivity index (χ4v) is 2.14. The molecule has 0 radical (unpaired) electrons. The molecule has 0 aromatic heterocycles. The lowest BCUT2D eigenvalue weighted by atomic mass is 9.99. The lowest BCUT2D eigenvalue weighted by Crippen LogP contribution is -2.30. The van der Waals surface area contributed by atoms with Crippen LogP contribution in [0.1, 0.15) is 22.7 Å². The highest BCUT2D eigenvalue weighted by molar-refractivity contribution is 6.04. The molecule has 22 heavy (non-hydrogen) atoms. The maximum absolute atomic E-state index is 12.9. The van der Waals surface area contributed by atoms with Gasteiger partial charge in [0.1, 0.15) is 12.6 Å². The fraction of sp³-hybridized carbons (Fsp3) is 0.231. The van der Waals surface area contributed by atoms with Crippen LogP contribution in [-0.4, -0.2) is 23.4 Å². The van der Waals surface area contributed by atoms with Crippen molar-refractivity contribution in [2.24, 2.45) is 0 Å². The summed E-state index contributed by atoms with van der Waals surface area (Å²) < 4.78 is 38.8. The standard InChI is InChI=1S/C13H7F3N4O2/c14-13(15,16)9-5-7(1-2-8(9)6-18)10-11(21)19-12(22)20(10)4-3-17/h1-2,5,10H,4H2,(H,19,21,22). The second-order valence-electron chi connectivity index (χ2n) is 4.40. The summed E-state index contributed by atoms with van der Waals surface area (Å²) in [5, 5.41) is 19.3. The van der Waals surface area contributed by atoms with Gasteiger partial charge in [-0.2, -0.15) is 23.7 Å². The molecule has 1 atom stereocenters. The number of nitrogens with zero attached hydrogens (tertiary/aromatic N) is 3. The van der Waals surface area contributed by atoms with Crippen molar-refractivity contribution in [1.82, 2.24) is 10.2 Å². The van der Waals surface area contributed by atoms with E-state index in [9.17, 15) is 22.8 Å². The molecular weight excluding hydrogens is 301 g/mol. The van der Waals surface area contributed by atoms with E-state index in [1.54, 1.807) is 6.07 Å². The highest BCUT2D eigenvalue weighted by atomic mass is 19.4. The van der Waals surface area contributed by atoms with Gasteiger partial charge in [0.25, 0.3) is 5.91 Å². The van der Waals surface area contributed by atoms with Crippen LogP contribution >= 0.6 is 0 Å². The Hall–Kier alpha value is -3.07. The van der Waals surface area contributed by atoms with Crippen molar-refractivity contribution in [2.75, 3.05) is 6.54 Å². The number of rotatable bonds is 2. The molecule has 0 aliphatic carbocycles. The second kappa shape index (κ2) is 5.37. The van der Waals surface area contributed by atoms with E-state index in [1.165, 1.54) is 6.07 Å². The maximum atomic E-state index is 12.9. The van der Waals surface area contributed by atoms with Crippen LogP contribution in [0.5, 0.6) is 0 Å². The molecular formula is C13H7F3N4O2. The first kappa shape index (κ1) is 15.3. The van der Waals surface area contributed by atoms with Gasteiger partial charge in [-0.15, -0.1) is 0 Å². The Morgan fingerprint density at radius 1 is 1.27 bits per heavy atom. The predicted molar refractivity (Wildman–Crippen MR) is 64.8 cm³/mol. The topological polar surface area (TPSA) is 97.0 Å². The molecule has 2 rings (SSSR count). The molecule has 112 valence electrons. The molecule has 1 fully saturated rings. The summed E-state index contributed by atoms with van der Waals surface area (Å²) in [5.41, 5.74) is -1.91. The molecule has 1 N–H and O–H groups in total. The van der Waals surface area contributed by atoms with E-state index < -0.39 is 41.8 Å². The van der Waals surface area contributed by atoms with Crippen molar-refractivity contribution < 1.29 is 22.8 Å². The summed E-state index contributed by atoms with van der Waals surface area (Å²) in [7, 11) is 0. The largest absolute Gasteiger partial charge is 0.417 e. The molecule has 1 aromatic rings. The van der Waals surface area contributed by atoms with Gasteiger partial charge in [-0.3, -0.25) is 15.0 Å². The molecule has 1 aromatic carbocycles. The van der Waals surface area contributed by atoms with E-state index in [-0.39, 0.29) is 5.56 Å². The summed E-state index contributed by atoms with van der Waals surface area (Å²) in [6, 6.07) is 3.63. The molecule has 1 aliphatic heterocycles. The molecule has 9 heteroatoms. The number of nitriles is 2. The maximum Gasteiger partial charge on any atom is 0.417 e. The average molecular weight is 308 g/mol. The number of nitrogens with one attached hydrogen (secondary N) is 1. The zero-order valence-electron chi connectivity index (χ0n) is 10.8. The molecule has 0 spiro atoms. The number of alkyl halides is 3. The minimum atomic E-state index is -4.78. The van der Waals surface area contributed by atoms with Crippen LogP contribution in [0, 0.1) is 22.7 Å². The van der Waals surface area contributed by atoms with Crippen molar-refractivity contribution >= 4 is 11.9 Å².